The number of hydrogen-bond acceptors (Lipinski definition) is 6. The highest BCUT2D eigenvalue weighted by Gasteiger charge is 2.22. The zero-order valence-corrected chi connectivity index (χ0v) is 16.5. The van der Waals surface area contributed by atoms with Gasteiger partial charge in [0.15, 0.2) is 23.9 Å². The first kappa shape index (κ1) is 19.9. The molecule has 1 aliphatic heterocycles. The van der Waals surface area contributed by atoms with Gasteiger partial charge >= 0.3 is 0 Å². The number of benzene rings is 1. The number of amides is 1. The normalized spacial score (nSPS) is 14.7. The van der Waals surface area contributed by atoms with Gasteiger partial charge in [0.05, 0.1) is 19.3 Å². The minimum atomic E-state index is -0.0209. The van der Waals surface area contributed by atoms with Crippen molar-refractivity contribution < 1.29 is 18.8 Å². The van der Waals surface area contributed by atoms with Gasteiger partial charge in [-0.2, -0.15) is 0 Å². The van der Waals surface area contributed by atoms with E-state index in [-0.39, 0.29) is 12.5 Å². The van der Waals surface area contributed by atoms with Crippen LogP contribution in [0.4, 0.5) is 0 Å². The molecule has 3 rings (SSSR count). The lowest BCUT2D eigenvalue weighted by molar-refractivity contribution is -0.135. The fraction of sp³-hybridized carbons (Fsp3) is 0.429. The van der Waals surface area contributed by atoms with Crippen molar-refractivity contribution in [2.45, 2.75) is 19.9 Å². The molecule has 1 fully saturated rings. The number of carbonyl (C=O) groups is 1. The van der Waals surface area contributed by atoms with Crippen LogP contribution in [0, 0.1) is 6.92 Å². The van der Waals surface area contributed by atoms with Gasteiger partial charge in [-0.1, -0.05) is 17.3 Å². The van der Waals surface area contributed by atoms with E-state index in [2.05, 4.69) is 16.6 Å². The Labute approximate surface area is 165 Å². The maximum Gasteiger partial charge on any atom is 0.260 e. The molecular weight excluding hydrogens is 358 g/mol. The van der Waals surface area contributed by atoms with Crippen LogP contribution in [0.15, 0.2) is 41.4 Å². The molecule has 1 aliphatic rings. The summed E-state index contributed by atoms with van der Waals surface area (Å²) in [6.45, 7) is 9.30. The van der Waals surface area contributed by atoms with E-state index in [1.54, 1.807) is 7.11 Å². The number of carbonyl (C=O) groups excluding carboxylic acids is 1. The predicted octanol–water partition coefficient (Wildman–Crippen LogP) is 2.44. The van der Waals surface area contributed by atoms with E-state index in [4.69, 9.17) is 14.0 Å². The lowest BCUT2D eigenvalue weighted by atomic mass is 10.1. The van der Waals surface area contributed by atoms with Crippen LogP contribution in [-0.2, 0) is 17.8 Å². The molecule has 1 aromatic heterocycles. The third-order valence-electron chi connectivity index (χ3n) is 4.74. The zero-order valence-electron chi connectivity index (χ0n) is 16.5. The zero-order chi connectivity index (χ0) is 19.9. The van der Waals surface area contributed by atoms with Crippen LogP contribution in [0.25, 0.3) is 0 Å². The summed E-state index contributed by atoms with van der Waals surface area (Å²) in [7, 11) is 1.59. The molecule has 0 aliphatic carbocycles. The van der Waals surface area contributed by atoms with Gasteiger partial charge in [-0.05, 0) is 31.0 Å². The third kappa shape index (κ3) is 5.13. The van der Waals surface area contributed by atoms with E-state index < -0.39 is 0 Å². The van der Waals surface area contributed by atoms with Gasteiger partial charge in [-0.25, -0.2) is 0 Å². The standard InChI is InChI=1S/C21H27N3O4/c1-4-5-17-6-7-19(20(13-17)26-3)27-15-21(25)24-10-8-23(9-11-24)14-18-12-16(2)22-28-18/h4,6-7,12-13H,1,5,8-11,14-15H2,2-3H3. The van der Waals surface area contributed by atoms with Crippen LogP contribution >= 0.6 is 0 Å². The number of rotatable bonds is 8. The monoisotopic (exact) mass is 385 g/mol. The van der Waals surface area contributed by atoms with E-state index in [1.807, 2.05) is 42.2 Å². The summed E-state index contributed by atoms with van der Waals surface area (Å²) in [5.41, 5.74) is 1.97. The van der Waals surface area contributed by atoms with Crippen molar-refractivity contribution in [1.29, 1.82) is 0 Å². The molecule has 0 unspecified atom stereocenters. The Bertz CT molecular complexity index is 810. The number of hydrogen-bond donors (Lipinski definition) is 0. The highest BCUT2D eigenvalue weighted by molar-refractivity contribution is 5.78. The maximum atomic E-state index is 12.5. The predicted molar refractivity (Wildman–Crippen MR) is 105 cm³/mol. The Morgan fingerprint density at radius 3 is 2.68 bits per heavy atom. The molecule has 7 nitrogen and oxygen atoms in total. The Morgan fingerprint density at radius 2 is 2.04 bits per heavy atom. The average molecular weight is 385 g/mol. The minimum Gasteiger partial charge on any atom is -0.493 e. The molecule has 28 heavy (non-hydrogen) atoms. The van der Waals surface area contributed by atoms with Gasteiger partial charge in [-0.15, -0.1) is 6.58 Å². The summed E-state index contributed by atoms with van der Waals surface area (Å²) >= 11 is 0. The molecule has 1 aromatic carbocycles. The van der Waals surface area contributed by atoms with Gasteiger partial charge in [0.1, 0.15) is 0 Å². The average Bonchev–Trinajstić information content (AvgIpc) is 3.12. The first-order valence-electron chi connectivity index (χ1n) is 9.42. The highest BCUT2D eigenvalue weighted by atomic mass is 16.5. The summed E-state index contributed by atoms with van der Waals surface area (Å²) in [6, 6.07) is 7.64. The molecular formula is C21H27N3O4. The summed E-state index contributed by atoms with van der Waals surface area (Å²) in [5, 5.41) is 3.91. The first-order valence-corrected chi connectivity index (χ1v) is 9.42. The van der Waals surface area contributed by atoms with E-state index in [0.717, 1.165) is 36.5 Å². The van der Waals surface area contributed by atoms with Crippen molar-refractivity contribution in [2.24, 2.45) is 0 Å². The Morgan fingerprint density at radius 1 is 1.25 bits per heavy atom. The van der Waals surface area contributed by atoms with Gasteiger partial charge < -0.3 is 18.9 Å². The smallest absolute Gasteiger partial charge is 0.260 e. The van der Waals surface area contributed by atoms with Crippen LogP contribution in [0.3, 0.4) is 0 Å². The molecule has 0 saturated carbocycles. The third-order valence-corrected chi connectivity index (χ3v) is 4.74. The molecule has 2 aromatic rings. The molecule has 1 amide bonds. The lowest BCUT2D eigenvalue weighted by Gasteiger charge is -2.34. The number of ether oxygens (including phenoxy) is 2. The van der Waals surface area contributed by atoms with Crippen molar-refractivity contribution in [1.82, 2.24) is 15.0 Å². The molecule has 150 valence electrons. The summed E-state index contributed by atoms with van der Waals surface area (Å²) < 4.78 is 16.4. The van der Waals surface area contributed by atoms with Crippen molar-refractivity contribution >= 4 is 5.91 Å². The van der Waals surface area contributed by atoms with Crippen molar-refractivity contribution in [2.75, 3.05) is 39.9 Å². The first-order chi connectivity index (χ1) is 13.6. The van der Waals surface area contributed by atoms with E-state index in [9.17, 15) is 4.79 Å². The van der Waals surface area contributed by atoms with E-state index >= 15 is 0 Å². The number of nitrogens with zero attached hydrogens (tertiary/aromatic N) is 3. The van der Waals surface area contributed by atoms with Crippen LogP contribution in [0.2, 0.25) is 0 Å². The maximum absolute atomic E-state index is 12.5. The lowest BCUT2D eigenvalue weighted by Crippen LogP contribution is -2.49. The molecule has 1 saturated heterocycles. The molecule has 0 bridgehead atoms. The van der Waals surface area contributed by atoms with Gasteiger partial charge in [0, 0.05) is 32.2 Å². The molecule has 2 heterocycles. The number of aromatic nitrogens is 1. The number of allylic oxidation sites excluding steroid dienone is 1. The Hall–Kier alpha value is -2.80. The summed E-state index contributed by atoms with van der Waals surface area (Å²) in [5.74, 6) is 2.03. The van der Waals surface area contributed by atoms with Crippen molar-refractivity contribution in [3.05, 3.63) is 53.9 Å². The number of methoxy groups -OCH3 is 1. The molecule has 0 atom stereocenters. The van der Waals surface area contributed by atoms with Crippen molar-refractivity contribution in [3.63, 3.8) is 0 Å². The van der Waals surface area contributed by atoms with Gasteiger partial charge in [0.2, 0.25) is 0 Å². The van der Waals surface area contributed by atoms with Crippen LogP contribution < -0.4 is 9.47 Å². The largest absolute Gasteiger partial charge is 0.493 e. The molecule has 7 heteroatoms. The fourth-order valence-corrected chi connectivity index (χ4v) is 3.22. The molecule has 0 N–H and O–H groups in total. The molecule has 0 spiro atoms. The second-order valence-corrected chi connectivity index (χ2v) is 6.86. The topological polar surface area (TPSA) is 68.0 Å². The second kappa shape index (κ2) is 9.41. The summed E-state index contributed by atoms with van der Waals surface area (Å²) in [6.07, 6.45) is 2.59. The van der Waals surface area contributed by atoms with E-state index in [0.29, 0.717) is 31.1 Å². The fourth-order valence-electron chi connectivity index (χ4n) is 3.22. The molecule has 0 radical (unpaired) electrons. The highest BCUT2D eigenvalue weighted by Crippen LogP contribution is 2.28. The quantitative estimate of drug-likeness (QED) is 0.650. The Balaban J connectivity index is 1.47. The van der Waals surface area contributed by atoms with Gasteiger partial charge in [-0.3, -0.25) is 9.69 Å². The summed E-state index contributed by atoms with van der Waals surface area (Å²) in [4.78, 5) is 16.6. The van der Waals surface area contributed by atoms with Crippen LogP contribution in [-0.4, -0.2) is 60.8 Å². The number of aryl methyl sites for hydroxylation is 1. The van der Waals surface area contributed by atoms with Crippen molar-refractivity contribution in [3.8, 4) is 11.5 Å². The Kier molecular flexibility index (Phi) is 6.71. The SMILES string of the molecule is C=CCc1ccc(OCC(=O)N2CCN(Cc3cc(C)no3)CC2)c(OC)c1. The second-order valence-electron chi connectivity index (χ2n) is 6.86. The number of piperazine rings is 1. The van der Waals surface area contributed by atoms with Gasteiger partial charge in [0.25, 0.3) is 5.91 Å². The van der Waals surface area contributed by atoms with Crippen LogP contribution in [0.1, 0.15) is 17.0 Å². The van der Waals surface area contributed by atoms with E-state index in [1.165, 1.54) is 0 Å². The minimum absolute atomic E-state index is 0.00152. The van der Waals surface area contributed by atoms with Crippen LogP contribution in [0.5, 0.6) is 11.5 Å².